The van der Waals surface area contributed by atoms with Gasteiger partial charge in [0.15, 0.2) is 0 Å². The lowest BCUT2D eigenvalue weighted by Gasteiger charge is -2.64. The minimum atomic E-state index is -0.831. The summed E-state index contributed by atoms with van der Waals surface area (Å²) in [6.07, 6.45) is 6.72. The molecule has 0 saturated heterocycles. The van der Waals surface area contributed by atoms with Gasteiger partial charge in [-0.25, -0.2) is 9.59 Å². The molecular weight excluding hydrogens is 420 g/mol. The van der Waals surface area contributed by atoms with E-state index in [9.17, 15) is 14.4 Å². The van der Waals surface area contributed by atoms with Crippen LogP contribution in [0.3, 0.4) is 0 Å². The second-order valence-electron chi connectivity index (χ2n) is 12.1. The van der Waals surface area contributed by atoms with E-state index in [1.165, 1.54) is 19.3 Å². The minimum absolute atomic E-state index is 0.0229. The van der Waals surface area contributed by atoms with Gasteiger partial charge in [-0.1, -0.05) is 33.9 Å². The van der Waals surface area contributed by atoms with Crippen molar-refractivity contribution in [3.63, 3.8) is 0 Å². The van der Waals surface area contributed by atoms with Crippen LogP contribution >= 0.6 is 0 Å². The quantitative estimate of drug-likeness (QED) is 0.254. The molecule has 0 aliphatic heterocycles. The lowest BCUT2D eigenvalue weighted by Crippen LogP contribution is -2.58. The summed E-state index contributed by atoms with van der Waals surface area (Å²) in [5, 5.41) is 0. The van der Waals surface area contributed by atoms with Crippen LogP contribution in [-0.2, 0) is 28.6 Å². The molecule has 0 heterocycles. The number of hydrogen-bond donors (Lipinski definition) is 0. The van der Waals surface area contributed by atoms with Crippen molar-refractivity contribution >= 4 is 17.9 Å². The van der Waals surface area contributed by atoms with Gasteiger partial charge >= 0.3 is 17.9 Å². The molecule has 0 aromatic carbocycles. The van der Waals surface area contributed by atoms with Crippen LogP contribution in [0.1, 0.15) is 79.6 Å². The molecule has 4 saturated carbocycles. The van der Waals surface area contributed by atoms with E-state index in [4.69, 9.17) is 14.2 Å². The maximum absolute atomic E-state index is 13.6. The highest BCUT2D eigenvalue weighted by Crippen LogP contribution is 2.69. The predicted octanol–water partition coefficient (Wildman–Crippen LogP) is 5.16. The van der Waals surface area contributed by atoms with Crippen molar-refractivity contribution in [3.05, 3.63) is 24.3 Å². The van der Waals surface area contributed by atoms with Crippen molar-refractivity contribution in [1.82, 2.24) is 0 Å². The standard InChI is InChI=1S/C27H40O6/c1-8-26(15-31-21(28)18(2)3,16-32-22(29)19(4)5)17-33-23(30)27-11-20-9-24(6,13-27)12-25(7,10-20)14-27/h20H,2,4,8-17H2,1,3,5-7H3. The first kappa shape index (κ1) is 25.5. The minimum Gasteiger partial charge on any atom is -0.464 e. The molecule has 0 spiro atoms. The summed E-state index contributed by atoms with van der Waals surface area (Å²) in [5.41, 5.74) is -0.309. The molecule has 4 fully saturated rings. The van der Waals surface area contributed by atoms with Gasteiger partial charge in [-0.3, -0.25) is 4.79 Å². The molecule has 0 N–H and O–H groups in total. The van der Waals surface area contributed by atoms with Crippen LogP contribution in [0.15, 0.2) is 24.3 Å². The average molecular weight is 461 g/mol. The molecule has 2 atom stereocenters. The SMILES string of the molecule is C=C(C)C(=O)OCC(CC)(COC(=O)C(=C)C)COC(=O)C12CC3CC(C)(CC(C)(C3)C1)C2. The number of rotatable bonds is 10. The highest BCUT2D eigenvalue weighted by molar-refractivity contribution is 5.87. The highest BCUT2D eigenvalue weighted by Gasteiger charge is 2.63. The molecule has 6 nitrogen and oxygen atoms in total. The number of ether oxygens (including phenoxy) is 3. The summed E-state index contributed by atoms with van der Waals surface area (Å²) in [4.78, 5) is 37.6. The molecule has 0 aromatic rings. The molecule has 33 heavy (non-hydrogen) atoms. The zero-order valence-electron chi connectivity index (χ0n) is 21.0. The van der Waals surface area contributed by atoms with Crippen LogP contribution in [0.4, 0.5) is 0 Å². The Balaban J connectivity index is 1.74. The Morgan fingerprint density at radius 2 is 1.27 bits per heavy atom. The largest absolute Gasteiger partial charge is 0.464 e. The smallest absolute Gasteiger partial charge is 0.333 e. The highest BCUT2D eigenvalue weighted by atomic mass is 16.6. The normalized spacial score (nSPS) is 32.2. The van der Waals surface area contributed by atoms with E-state index in [-0.39, 0.29) is 47.8 Å². The van der Waals surface area contributed by atoms with E-state index in [2.05, 4.69) is 27.0 Å². The lowest BCUT2D eigenvalue weighted by molar-refractivity contribution is -0.196. The van der Waals surface area contributed by atoms with Crippen LogP contribution in [-0.4, -0.2) is 37.7 Å². The fourth-order valence-electron chi connectivity index (χ4n) is 7.16. The van der Waals surface area contributed by atoms with Gasteiger partial charge in [-0.2, -0.15) is 0 Å². The number of carbonyl (C=O) groups is 3. The van der Waals surface area contributed by atoms with E-state index in [1.807, 2.05) is 6.92 Å². The molecule has 0 aromatic heterocycles. The molecule has 6 heteroatoms. The molecule has 0 radical (unpaired) electrons. The van der Waals surface area contributed by atoms with Gasteiger partial charge in [-0.15, -0.1) is 0 Å². The van der Waals surface area contributed by atoms with Gasteiger partial charge in [0.2, 0.25) is 0 Å². The van der Waals surface area contributed by atoms with Gasteiger partial charge in [0.25, 0.3) is 0 Å². The van der Waals surface area contributed by atoms with Crippen molar-refractivity contribution < 1.29 is 28.6 Å². The summed E-state index contributed by atoms with van der Waals surface area (Å²) >= 11 is 0. The number of esters is 3. The molecular formula is C27H40O6. The van der Waals surface area contributed by atoms with Crippen molar-refractivity contribution in [3.8, 4) is 0 Å². The zero-order valence-corrected chi connectivity index (χ0v) is 21.0. The zero-order chi connectivity index (χ0) is 24.7. The lowest BCUT2D eigenvalue weighted by atomic mass is 9.40. The van der Waals surface area contributed by atoms with E-state index in [0.717, 1.165) is 19.3 Å². The van der Waals surface area contributed by atoms with Crippen molar-refractivity contribution in [2.24, 2.45) is 27.6 Å². The molecule has 4 aliphatic carbocycles. The van der Waals surface area contributed by atoms with Crippen molar-refractivity contribution in [2.45, 2.75) is 79.6 Å². The first-order valence-electron chi connectivity index (χ1n) is 12.1. The Bertz CT molecular complexity index is 807. The number of carbonyl (C=O) groups excluding carboxylic acids is 3. The van der Waals surface area contributed by atoms with Gasteiger partial charge < -0.3 is 14.2 Å². The first-order valence-corrected chi connectivity index (χ1v) is 12.1. The van der Waals surface area contributed by atoms with Crippen molar-refractivity contribution in [2.75, 3.05) is 19.8 Å². The van der Waals surface area contributed by atoms with Crippen LogP contribution in [0.2, 0.25) is 0 Å². The first-order chi connectivity index (χ1) is 15.2. The third kappa shape index (κ3) is 5.36. The molecule has 4 bridgehead atoms. The Labute approximate surface area is 198 Å². The monoisotopic (exact) mass is 460 g/mol. The van der Waals surface area contributed by atoms with E-state index in [0.29, 0.717) is 12.3 Å². The summed E-state index contributed by atoms with van der Waals surface area (Å²) < 4.78 is 16.8. The second kappa shape index (κ2) is 8.92. The van der Waals surface area contributed by atoms with Crippen LogP contribution in [0.25, 0.3) is 0 Å². The maximum Gasteiger partial charge on any atom is 0.333 e. The topological polar surface area (TPSA) is 78.9 Å². The average Bonchev–Trinajstić information content (AvgIpc) is 2.69. The van der Waals surface area contributed by atoms with Gasteiger partial charge in [0, 0.05) is 11.1 Å². The molecule has 0 amide bonds. The van der Waals surface area contributed by atoms with Gasteiger partial charge in [-0.05, 0) is 75.5 Å². The fourth-order valence-corrected chi connectivity index (χ4v) is 7.16. The summed E-state index contributed by atoms with van der Waals surface area (Å²) in [7, 11) is 0. The third-order valence-corrected chi connectivity index (χ3v) is 8.03. The predicted molar refractivity (Wildman–Crippen MR) is 125 cm³/mol. The van der Waals surface area contributed by atoms with Gasteiger partial charge in [0.1, 0.15) is 19.8 Å². The maximum atomic E-state index is 13.6. The van der Waals surface area contributed by atoms with E-state index in [1.54, 1.807) is 13.8 Å². The molecule has 2 unspecified atom stereocenters. The summed E-state index contributed by atoms with van der Waals surface area (Å²) in [6.45, 7) is 16.9. The molecule has 4 rings (SSSR count). The summed E-state index contributed by atoms with van der Waals surface area (Å²) in [6, 6.07) is 0. The fraction of sp³-hybridized carbons (Fsp3) is 0.741. The Morgan fingerprint density at radius 1 is 0.818 bits per heavy atom. The summed E-state index contributed by atoms with van der Waals surface area (Å²) in [5.74, 6) is -0.619. The Morgan fingerprint density at radius 3 is 1.67 bits per heavy atom. The van der Waals surface area contributed by atoms with Crippen molar-refractivity contribution in [1.29, 1.82) is 0 Å². The second-order valence-corrected chi connectivity index (χ2v) is 12.1. The molecule has 4 aliphatic rings. The van der Waals surface area contributed by atoms with E-state index >= 15 is 0 Å². The van der Waals surface area contributed by atoms with Crippen LogP contribution in [0, 0.1) is 27.6 Å². The Kier molecular flexibility index (Phi) is 6.89. The van der Waals surface area contributed by atoms with E-state index < -0.39 is 22.8 Å². The third-order valence-electron chi connectivity index (χ3n) is 8.03. The van der Waals surface area contributed by atoms with Gasteiger partial charge in [0.05, 0.1) is 10.8 Å². The Hall–Kier alpha value is -2.11. The van der Waals surface area contributed by atoms with Crippen LogP contribution in [0.5, 0.6) is 0 Å². The number of hydrogen-bond acceptors (Lipinski definition) is 6. The molecule has 184 valence electrons. The van der Waals surface area contributed by atoms with Crippen LogP contribution < -0.4 is 0 Å².